The fourth-order valence-electron chi connectivity index (χ4n) is 2.08. The Morgan fingerprint density at radius 2 is 1.47 bits per heavy atom. The van der Waals surface area contributed by atoms with E-state index in [1.807, 2.05) is 12.1 Å². The van der Waals surface area contributed by atoms with Crippen molar-refractivity contribution in [3.05, 3.63) is 58.7 Å². The second kappa shape index (κ2) is 5.89. The Kier molecular flexibility index (Phi) is 4.23. The first-order chi connectivity index (χ1) is 9.10. The zero-order chi connectivity index (χ0) is 13.8. The van der Waals surface area contributed by atoms with Crippen LogP contribution in [0, 0.1) is 20.8 Å². The van der Waals surface area contributed by atoms with Crippen LogP contribution in [0.3, 0.4) is 0 Å². The predicted molar refractivity (Wildman–Crippen MR) is 79.9 cm³/mol. The topological polar surface area (TPSA) is 35.2 Å². The van der Waals surface area contributed by atoms with Crippen LogP contribution < -0.4 is 10.5 Å². The van der Waals surface area contributed by atoms with Crippen molar-refractivity contribution in [2.75, 3.05) is 6.54 Å². The largest absolute Gasteiger partial charge is 0.457 e. The quantitative estimate of drug-likeness (QED) is 0.899. The molecule has 0 fully saturated rings. The van der Waals surface area contributed by atoms with Crippen molar-refractivity contribution in [3.63, 3.8) is 0 Å². The minimum absolute atomic E-state index is 0.679. The van der Waals surface area contributed by atoms with E-state index in [0.29, 0.717) is 6.54 Å². The maximum atomic E-state index is 5.90. The van der Waals surface area contributed by atoms with Crippen LogP contribution >= 0.6 is 0 Å². The van der Waals surface area contributed by atoms with Crippen molar-refractivity contribution in [1.29, 1.82) is 0 Å². The van der Waals surface area contributed by atoms with Gasteiger partial charge in [-0.1, -0.05) is 12.1 Å². The molecule has 100 valence electrons. The molecule has 0 saturated heterocycles. The molecule has 2 rings (SSSR count). The Labute approximate surface area is 115 Å². The molecular weight excluding hydrogens is 234 g/mol. The molecule has 0 bridgehead atoms. The Hall–Kier alpha value is -1.80. The van der Waals surface area contributed by atoms with Crippen molar-refractivity contribution < 1.29 is 4.74 Å². The summed E-state index contributed by atoms with van der Waals surface area (Å²) in [6, 6.07) is 12.3. The van der Waals surface area contributed by atoms with E-state index >= 15 is 0 Å². The van der Waals surface area contributed by atoms with E-state index in [9.17, 15) is 0 Å². The van der Waals surface area contributed by atoms with Gasteiger partial charge in [0.2, 0.25) is 0 Å². The van der Waals surface area contributed by atoms with Crippen LogP contribution in [0.1, 0.15) is 22.3 Å². The van der Waals surface area contributed by atoms with Gasteiger partial charge in [0.1, 0.15) is 11.5 Å². The van der Waals surface area contributed by atoms with Gasteiger partial charge in [0, 0.05) is 0 Å². The zero-order valence-corrected chi connectivity index (χ0v) is 11.9. The van der Waals surface area contributed by atoms with Crippen molar-refractivity contribution in [2.45, 2.75) is 27.2 Å². The highest BCUT2D eigenvalue weighted by atomic mass is 16.5. The van der Waals surface area contributed by atoms with E-state index in [4.69, 9.17) is 10.5 Å². The standard InChI is InChI=1S/C17H21NO/c1-12-4-6-16(10-13(12)2)19-17-7-5-15(8-9-18)14(3)11-17/h4-7,10-11H,8-9,18H2,1-3H3. The minimum Gasteiger partial charge on any atom is -0.457 e. The third-order valence-corrected chi connectivity index (χ3v) is 3.44. The fourth-order valence-corrected chi connectivity index (χ4v) is 2.08. The summed E-state index contributed by atoms with van der Waals surface area (Å²) in [6.45, 7) is 6.97. The summed E-state index contributed by atoms with van der Waals surface area (Å²) in [5.74, 6) is 1.76. The maximum Gasteiger partial charge on any atom is 0.127 e. The van der Waals surface area contributed by atoms with Crippen LogP contribution in [0.2, 0.25) is 0 Å². The van der Waals surface area contributed by atoms with Gasteiger partial charge in [0.15, 0.2) is 0 Å². The molecule has 0 heterocycles. The van der Waals surface area contributed by atoms with Crippen LogP contribution in [-0.4, -0.2) is 6.54 Å². The van der Waals surface area contributed by atoms with E-state index in [1.54, 1.807) is 0 Å². The number of aryl methyl sites for hydroxylation is 3. The van der Waals surface area contributed by atoms with Gasteiger partial charge in [-0.25, -0.2) is 0 Å². The Balaban J connectivity index is 2.19. The molecule has 0 spiro atoms. The highest BCUT2D eigenvalue weighted by Crippen LogP contribution is 2.25. The van der Waals surface area contributed by atoms with Crippen LogP contribution in [0.5, 0.6) is 11.5 Å². The van der Waals surface area contributed by atoms with Gasteiger partial charge in [-0.2, -0.15) is 0 Å². The van der Waals surface area contributed by atoms with Crippen LogP contribution in [0.25, 0.3) is 0 Å². The van der Waals surface area contributed by atoms with Gasteiger partial charge in [0.05, 0.1) is 0 Å². The number of nitrogens with two attached hydrogens (primary N) is 1. The first kappa shape index (κ1) is 13.6. The Morgan fingerprint density at radius 3 is 2.05 bits per heavy atom. The van der Waals surface area contributed by atoms with Crippen LogP contribution in [0.15, 0.2) is 36.4 Å². The van der Waals surface area contributed by atoms with E-state index < -0.39 is 0 Å². The van der Waals surface area contributed by atoms with Gasteiger partial charge in [0.25, 0.3) is 0 Å². The molecule has 2 heteroatoms. The summed E-state index contributed by atoms with van der Waals surface area (Å²) in [4.78, 5) is 0. The highest BCUT2D eigenvalue weighted by molar-refractivity contribution is 5.40. The highest BCUT2D eigenvalue weighted by Gasteiger charge is 2.03. The molecule has 0 unspecified atom stereocenters. The summed E-state index contributed by atoms with van der Waals surface area (Å²) in [5, 5.41) is 0. The Bertz CT molecular complexity index is 575. The number of hydrogen-bond acceptors (Lipinski definition) is 2. The van der Waals surface area contributed by atoms with Crippen LogP contribution in [-0.2, 0) is 6.42 Å². The molecule has 2 aromatic rings. The molecule has 0 radical (unpaired) electrons. The average Bonchev–Trinajstić information content (AvgIpc) is 2.37. The summed E-state index contributed by atoms with van der Waals surface area (Å²) < 4.78 is 5.90. The van der Waals surface area contributed by atoms with Crippen molar-refractivity contribution in [3.8, 4) is 11.5 Å². The molecular formula is C17H21NO. The normalized spacial score (nSPS) is 10.5. The fraction of sp³-hybridized carbons (Fsp3) is 0.294. The second-order valence-electron chi connectivity index (χ2n) is 4.98. The number of hydrogen-bond donors (Lipinski definition) is 1. The number of ether oxygens (including phenoxy) is 1. The molecule has 2 aromatic carbocycles. The molecule has 0 amide bonds. The first-order valence-corrected chi connectivity index (χ1v) is 6.65. The summed E-state index contributed by atoms with van der Waals surface area (Å²) in [5.41, 5.74) is 10.6. The Morgan fingerprint density at radius 1 is 0.842 bits per heavy atom. The maximum absolute atomic E-state index is 5.90. The van der Waals surface area contributed by atoms with Gasteiger partial charge >= 0.3 is 0 Å². The molecule has 2 nitrogen and oxygen atoms in total. The van der Waals surface area contributed by atoms with E-state index in [0.717, 1.165) is 17.9 Å². The van der Waals surface area contributed by atoms with Crippen LogP contribution in [0.4, 0.5) is 0 Å². The molecule has 0 saturated carbocycles. The first-order valence-electron chi connectivity index (χ1n) is 6.65. The molecule has 0 aliphatic heterocycles. The molecule has 2 N–H and O–H groups in total. The molecule has 19 heavy (non-hydrogen) atoms. The molecule has 0 aliphatic carbocycles. The van der Waals surface area contributed by atoms with E-state index in [1.165, 1.54) is 22.3 Å². The molecule has 0 atom stereocenters. The van der Waals surface area contributed by atoms with E-state index in [-0.39, 0.29) is 0 Å². The van der Waals surface area contributed by atoms with Crippen molar-refractivity contribution >= 4 is 0 Å². The lowest BCUT2D eigenvalue weighted by Gasteiger charge is -2.10. The number of rotatable bonds is 4. The van der Waals surface area contributed by atoms with Gasteiger partial charge in [-0.3, -0.25) is 0 Å². The third kappa shape index (κ3) is 3.36. The summed E-state index contributed by atoms with van der Waals surface area (Å²) in [6.07, 6.45) is 0.912. The van der Waals surface area contributed by atoms with E-state index in [2.05, 4.69) is 45.0 Å². The predicted octanol–water partition coefficient (Wildman–Crippen LogP) is 3.91. The summed E-state index contributed by atoms with van der Waals surface area (Å²) in [7, 11) is 0. The monoisotopic (exact) mass is 255 g/mol. The third-order valence-electron chi connectivity index (χ3n) is 3.44. The minimum atomic E-state index is 0.679. The average molecular weight is 255 g/mol. The second-order valence-corrected chi connectivity index (χ2v) is 4.98. The van der Waals surface area contributed by atoms with Gasteiger partial charge in [-0.05, 0) is 80.3 Å². The van der Waals surface area contributed by atoms with Gasteiger partial charge < -0.3 is 10.5 Å². The lowest BCUT2D eigenvalue weighted by molar-refractivity contribution is 0.481. The van der Waals surface area contributed by atoms with Crippen molar-refractivity contribution in [1.82, 2.24) is 0 Å². The molecule has 0 aliphatic rings. The number of benzene rings is 2. The zero-order valence-electron chi connectivity index (χ0n) is 11.9. The smallest absolute Gasteiger partial charge is 0.127 e. The van der Waals surface area contributed by atoms with Gasteiger partial charge in [-0.15, -0.1) is 0 Å². The SMILES string of the molecule is Cc1ccc(Oc2ccc(CCN)c(C)c2)cc1C. The lowest BCUT2D eigenvalue weighted by atomic mass is 10.1. The molecule has 0 aromatic heterocycles. The summed E-state index contributed by atoms with van der Waals surface area (Å²) >= 11 is 0. The van der Waals surface area contributed by atoms with Crippen molar-refractivity contribution in [2.24, 2.45) is 5.73 Å². The lowest BCUT2D eigenvalue weighted by Crippen LogP contribution is -2.04.